The third-order valence-electron chi connectivity index (χ3n) is 6.44. The Morgan fingerprint density at radius 3 is 2.45 bits per heavy atom. The van der Waals surface area contributed by atoms with Crippen molar-refractivity contribution in [2.75, 3.05) is 12.0 Å². The molecular formula is C23H35ClN2O2S. The zero-order valence-electron chi connectivity index (χ0n) is 18.1. The SMILES string of the molecule is CCC(C)(C)C1CCC(NC(=O)C(CCSC)NC(=O)c2ccccc2Cl)CC1. The summed E-state index contributed by atoms with van der Waals surface area (Å²) in [5.74, 6) is 1.13. The molecule has 0 heterocycles. The Kier molecular flexibility index (Phi) is 9.35. The van der Waals surface area contributed by atoms with Gasteiger partial charge >= 0.3 is 0 Å². The van der Waals surface area contributed by atoms with Crippen LogP contribution in [0.3, 0.4) is 0 Å². The summed E-state index contributed by atoms with van der Waals surface area (Å²) >= 11 is 7.81. The third kappa shape index (κ3) is 6.92. The molecule has 1 unspecified atom stereocenters. The molecule has 0 spiro atoms. The quantitative estimate of drug-likeness (QED) is 0.549. The first kappa shape index (κ1) is 24.1. The van der Waals surface area contributed by atoms with Crippen LogP contribution < -0.4 is 10.6 Å². The molecule has 1 aromatic rings. The van der Waals surface area contributed by atoms with E-state index in [2.05, 4.69) is 31.4 Å². The van der Waals surface area contributed by atoms with E-state index >= 15 is 0 Å². The van der Waals surface area contributed by atoms with Gasteiger partial charge in [0.15, 0.2) is 0 Å². The van der Waals surface area contributed by atoms with Crippen LogP contribution in [-0.2, 0) is 4.79 Å². The number of halogens is 1. The van der Waals surface area contributed by atoms with E-state index in [1.54, 1.807) is 36.0 Å². The lowest BCUT2D eigenvalue weighted by Gasteiger charge is -2.39. The first-order valence-electron chi connectivity index (χ1n) is 10.6. The first-order chi connectivity index (χ1) is 13.8. The number of hydrogen-bond donors (Lipinski definition) is 2. The van der Waals surface area contributed by atoms with E-state index in [-0.39, 0.29) is 17.9 Å². The van der Waals surface area contributed by atoms with Crippen LogP contribution in [0.1, 0.15) is 69.7 Å². The molecule has 2 amide bonds. The Balaban J connectivity index is 1.95. The minimum atomic E-state index is -0.545. The lowest BCUT2D eigenvalue weighted by molar-refractivity contribution is -0.124. The minimum absolute atomic E-state index is 0.0855. The van der Waals surface area contributed by atoms with Crippen molar-refractivity contribution in [3.05, 3.63) is 34.9 Å². The lowest BCUT2D eigenvalue weighted by Crippen LogP contribution is -2.50. The molecule has 1 fully saturated rings. The Labute approximate surface area is 184 Å². The van der Waals surface area contributed by atoms with Crippen LogP contribution in [0.2, 0.25) is 5.02 Å². The molecule has 4 nitrogen and oxygen atoms in total. The lowest BCUT2D eigenvalue weighted by atomic mass is 9.69. The highest BCUT2D eigenvalue weighted by Crippen LogP contribution is 2.40. The summed E-state index contributed by atoms with van der Waals surface area (Å²) in [4.78, 5) is 25.6. The fourth-order valence-corrected chi connectivity index (χ4v) is 4.69. The first-order valence-corrected chi connectivity index (χ1v) is 12.4. The second-order valence-corrected chi connectivity index (χ2v) is 10.1. The van der Waals surface area contributed by atoms with Crippen molar-refractivity contribution in [3.63, 3.8) is 0 Å². The molecule has 0 aliphatic heterocycles. The Hall–Kier alpha value is -1.20. The van der Waals surface area contributed by atoms with Crippen molar-refractivity contribution in [2.24, 2.45) is 11.3 Å². The van der Waals surface area contributed by atoms with Gasteiger partial charge in [-0.3, -0.25) is 9.59 Å². The van der Waals surface area contributed by atoms with Crippen LogP contribution >= 0.6 is 23.4 Å². The smallest absolute Gasteiger partial charge is 0.253 e. The summed E-state index contributed by atoms with van der Waals surface area (Å²) in [6.45, 7) is 6.95. The van der Waals surface area contributed by atoms with E-state index in [0.717, 1.165) is 31.4 Å². The fourth-order valence-electron chi connectivity index (χ4n) is 4.00. The largest absolute Gasteiger partial charge is 0.352 e. The van der Waals surface area contributed by atoms with Gasteiger partial charge in [0.05, 0.1) is 10.6 Å². The standard InChI is InChI=1S/C23H35ClN2O2S/c1-5-23(2,3)16-10-12-17(13-11-16)25-22(28)20(14-15-29-4)26-21(27)18-8-6-7-9-19(18)24/h6-9,16-17,20H,5,10-15H2,1-4H3,(H,25,28)(H,26,27). The van der Waals surface area contributed by atoms with Gasteiger partial charge in [-0.1, -0.05) is 50.9 Å². The maximum atomic E-state index is 12.9. The number of nitrogens with one attached hydrogen (secondary N) is 2. The van der Waals surface area contributed by atoms with E-state index in [1.807, 2.05) is 6.26 Å². The van der Waals surface area contributed by atoms with E-state index in [9.17, 15) is 9.59 Å². The molecule has 0 aromatic heterocycles. The van der Waals surface area contributed by atoms with Crippen molar-refractivity contribution in [3.8, 4) is 0 Å². The number of thioether (sulfide) groups is 1. The van der Waals surface area contributed by atoms with Crippen LogP contribution in [0.5, 0.6) is 0 Å². The highest BCUT2D eigenvalue weighted by atomic mass is 35.5. The topological polar surface area (TPSA) is 58.2 Å². The fraction of sp³-hybridized carbons (Fsp3) is 0.652. The summed E-state index contributed by atoms with van der Waals surface area (Å²) in [5, 5.41) is 6.48. The Bertz CT molecular complexity index is 687. The molecule has 1 aliphatic rings. The number of rotatable bonds is 9. The van der Waals surface area contributed by atoms with Crippen molar-refractivity contribution in [1.29, 1.82) is 0 Å². The molecule has 1 atom stereocenters. The predicted octanol–water partition coefficient (Wildman–Crippen LogP) is 5.30. The number of carbonyl (C=O) groups excluding carboxylic acids is 2. The van der Waals surface area contributed by atoms with Gasteiger partial charge in [0, 0.05) is 6.04 Å². The van der Waals surface area contributed by atoms with Gasteiger partial charge in [0.1, 0.15) is 6.04 Å². The summed E-state index contributed by atoms with van der Waals surface area (Å²) in [6.07, 6.45) is 8.09. The normalized spacial score (nSPS) is 20.7. The second kappa shape index (κ2) is 11.3. The molecule has 6 heteroatoms. The highest BCUT2D eigenvalue weighted by Gasteiger charge is 2.33. The zero-order valence-corrected chi connectivity index (χ0v) is 19.7. The molecule has 0 bridgehead atoms. The molecule has 1 aromatic carbocycles. The third-order valence-corrected chi connectivity index (χ3v) is 7.41. The van der Waals surface area contributed by atoms with E-state index < -0.39 is 6.04 Å². The minimum Gasteiger partial charge on any atom is -0.352 e. The van der Waals surface area contributed by atoms with Crippen LogP contribution in [0.15, 0.2) is 24.3 Å². The van der Waals surface area contributed by atoms with Crippen LogP contribution in [-0.4, -0.2) is 35.9 Å². The molecule has 2 rings (SSSR count). The van der Waals surface area contributed by atoms with Crippen LogP contribution in [0, 0.1) is 11.3 Å². The van der Waals surface area contributed by atoms with Gasteiger partial charge in [-0.25, -0.2) is 0 Å². The van der Waals surface area contributed by atoms with Gasteiger partial charge in [-0.2, -0.15) is 11.8 Å². The zero-order chi connectivity index (χ0) is 21.4. The molecule has 1 aliphatic carbocycles. The van der Waals surface area contributed by atoms with Gasteiger partial charge in [0.2, 0.25) is 5.91 Å². The van der Waals surface area contributed by atoms with Crippen molar-refractivity contribution < 1.29 is 9.59 Å². The maximum Gasteiger partial charge on any atom is 0.253 e. The van der Waals surface area contributed by atoms with Crippen LogP contribution in [0.4, 0.5) is 0 Å². The monoisotopic (exact) mass is 438 g/mol. The van der Waals surface area contributed by atoms with Crippen molar-refractivity contribution >= 4 is 35.2 Å². The second-order valence-electron chi connectivity index (χ2n) is 8.69. The number of carbonyl (C=O) groups is 2. The average Bonchev–Trinajstić information content (AvgIpc) is 2.71. The van der Waals surface area contributed by atoms with Gasteiger partial charge in [-0.15, -0.1) is 0 Å². The van der Waals surface area contributed by atoms with Gasteiger partial charge in [-0.05, 0) is 67.6 Å². The molecule has 29 heavy (non-hydrogen) atoms. The number of hydrogen-bond acceptors (Lipinski definition) is 3. The number of benzene rings is 1. The highest BCUT2D eigenvalue weighted by molar-refractivity contribution is 7.98. The van der Waals surface area contributed by atoms with E-state index in [1.165, 1.54) is 6.42 Å². The molecule has 0 saturated heterocycles. The number of amides is 2. The van der Waals surface area contributed by atoms with E-state index in [0.29, 0.717) is 28.3 Å². The summed E-state index contributed by atoms with van der Waals surface area (Å²) in [7, 11) is 0. The van der Waals surface area contributed by atoms with Gasteiger partial charge in [0.25, 0.3) is 5.91 Å². The molecule has 162 valence electrons. The van der Waals surface area contributed by atoms with Gasteiger partial charge < -0.3 is 10.6 Å². The molecular weight excluding hydrogens is 404 g/mol. The van der Waals surface area contributed by atoms with E-state index in [4.69, 9.17) is 11.6 Å². The molecule has 0 radical (unpaired) electrons. The van der Waals surface area contributed by atoms with Crippen molar-refractivity contribution in [1.82, 2.24) is 10.6 Å². The van der Waals surface area contributed by atoms with Crippen molar-refractivity contribution in [2.45, 2.75) is 71.4 Å². The summed E-state index contributed by atoms with van der Waals surface area (Å²) in [6, 6.07) is 6.57. The Morgan fingerprint density at radius 2 is 1.86 bits per heavy atom. The average molecular weight is 439 g/mol. The molecule has 2 N–H and O–H groups in total. The summed E-state index contributed by atoms with van der Waals surface area (Å²) in [5.41, 5.74) is 0.761. The predicted molar refractivity (Wildman–Crippen MR) is 124 cm³/mol. The van der Waals surface area contributed by atoms with Crippen LogP contribution in [0.25, 0.3) is 0 Å². The maximum absolute atomic E-state index is 12.9. The Morgan fingerprint density at radius 1 is 1.21 bits per heavy atom. The molecule has 1 saturated carbocycles. The summed E-state index contributed by atoms with van der Waals surface area (Å²) < 4.78 is 0.